The smallest absolute Gasteiger partial charge is 0.258 e. The summed E-state index contributed by atoms with van der Waals surface area (Å²) in [5.74, 6) is 1.78. The van der Waals surface area contributed by atoms with E-state index in [0.717, 1.165) is 37.1 Å². The van der Waals surface area contributed by atoms with Crippen LogP contribution in [-0.2, 0) is 9.53 Å². The molecule has 1 fully saturated rings. The molecule has 1 unspecified atom stereocenters. The summed E-state index contributed by atoms with van der Waals surface area (Å²) >= 11 is 6.47. The van der Waals surface area contributed by atoms with Crippen molar-refractivity contribution in [2.45, 2.75) is 51.8 Å². The lowest BCUT2D eigenvalue weighted by Gasteiger charge is -2.22. The van der Waals surface area contributed by atoms with Crippen molar-refractivity contribution in [2.24, 2.45) is 0 Å². The number of carbonyl (C=O) groups excluding carboxylic acids is 1. The van der Waals surface area contributed by atoms with Crippen LogP contribution in [0.5, 0.6) is 11.5 Å². The van der Waals surface area contributed by atoms with E-state index in [1.165, 1.54) is 0 Å². The molecular formula is C29H33ClN6O4. The summed E-state index contributed by atoms with van der Waals surface area (Å²) < 4.78 is 19.1. The Morgan fingerprint density at radius 1 is 1.20 bits per heavy atom. The molecule has 0 bridgehead atoms. The fraction of sp³-hybridized carbons (Fsp3) is 0.379. The molecule has 0 radical (unpaired) electrons. The van der Waals surface area contributed by atoms with E-state index < -0.39 is 0 Å². The molecule has 4 aromatic rings. The van der Waals surface area contributed by atoms with Crippen LogP contribution in [0, 0.1) is 0 Å². The molecule has 2 aromatic heterocycles. The van der Waals surface area contributed by atoms with E-state index in [2.05, 4.69) is 15.7 Å². The minimum atomic E-state index is -0.339. The fourth-order valence-electron chi connectivity index (χ4n) is 4.55. The van der Waals surface area contributed by atoms with Crippen LogP contribution in [0.25, 0.3) is 22.3 Å². The van der Waals surface area contributed by atoms with E-state index in [-0.39, 0.29) is 24.3 Å². The van der Waals surface area contributed by atoms with E-state index in [1.807, 2.05) is 49.8 Å². The number of rotatable bonds is 8. The first kappa shape index (κ1) is 27.7. The fourth-order valence-corrected chi connectivity index (χ4v) is 4.78. The van der Waals surface area contributed by atoms with Gasteiger partial charge in [0.1, 0.15) is 17.8 Å². The van der Waals surface area contributed by atoms with Crippen LogP contribution in [0.1, 0.15) is 46.3 Å². The molecule has 1 amide bonds. The van der Waals surface area contributed by atoms with Gasteiger partial charge in [0.15, 0.2) is 18.2 Å². The topological polar surface area (TPSA) is 112 Å². The Bertz CT molecular complexity index is 1510. The van der Waals surface area contributed by atoms with Crippen molar-refractivity contribution in [2.75, 3.05) is 25.6 Å². The molecule has 210 valence electrons. The first-order valence-corrected chi connectivity index (χ1v) is 13.6. The quantitative estimate of drug-likeness (QED) is 0.272. The molecule has 2 N–H and O–H groups in total. The van der Waals surface area contributed by atoms with Gasteiger partial charge in [0.25, 0.3) is 5.91 Å². The van der Waals surface area contributed by atoms with E-state index in [1.54, 1.807) is 31.5 Å². The molecule has 40 heavy (non-hydrogen) atoms. The summed E-state index contributed by atoms with van der Waals surface area (Å²) in [6.07, 6.45) is 6.64. The highest BCUT2D eigenvalue weighted by molar-refractivity contribution is 6.33. The Morgan fingerprint density at radius 2 is 2.05 bits per heavy atom. The van der Waals surface area contributed by atoms with Crippen LogP contribution in [0.2, 0.25) is 5.02 Å². The minimum absolute atomic E-state index is 0.0841. The number of carbonyl (C=O) groups is 1. The Labute approximate surface area is 238 Å². The average molecular weight is 565 g/mol. The van der Waals surface area contributed by atoms with Crippen molar-refractivity contribution in [3.8, 4) is 22.9 Å². The van der Waals surface area contributed by atoms with Crippen molar-refractivity contribution in [3.63, 3.8) is 0 Å². The number of hydrogen-bond donors (Lipinski definition) is 2. The second-order valence-corrected chi connectivity index (χ2v) is 11.0. The van der Waals surface area contributed by atoms with Gasteiger partial charge in [-0.3, -0.25) is 4.79 Å². The van der Waals surface area contributed by atoms with Gasteiger partial charge in [-0.1, -0.05) is 23.7 Å². The number of methoxy groups -OCH3 is 1. The van der Waals surface area contributed by atoms with Crippen molar-refractivity contribution in [1.82, 2.24) is 25.1 Å². The molecule has 1 atom stereocenters. The highest BCUT2D eigenvalue weighted by Crippen LogP contribution is 2.39. The average Bonchev–Trinajstić information content (AvgIpc) is 3.40. The minimum Gasteiger partial charge on any atom is -0.494 e. The second-order valence-electron chi connectivity index (χ2n) is 10.6. The first-order valence-electron chi connectivity index (χ1n) is 13.2. The molecular weight excluding hydrogens is 532 g/mol. The number of nitrogens with one attached hydrogen (secondary N) is 2. The van der Waals surface area contributed by atoms with Gasteiger partial charge in [-0.05, 0) is 64.3 Å². The maximum Gasteiger partial charge on any atom is 0.258 e. The lowest BCUT2D eigenvalue weighted by Crippen LogP contribution is -2.43. The Kier molecular flexibility index (Phi) is 8.09. The lowest BCUT2D eigenvalue weighted by molar-refractivity contribution is -0.124. The summed E-state index contributed by atoms with van der Waals surface area (Å²) in [6.45, 7) is 6.39. The summed E-state index contributed by atoms with van der Waals surface area (Å²) in [4.78, 5) is 21.9. The third-order valence-electron chi connectivity index (χ3n) is 6.26. The number of amides is 1. The summed E-state index contributed by atoms with van der Waals surface area (Å²) in [5.41, 5.74) is 1.77. The molecule has 0 saturated carbocycles. The zero-order chi connectivity index (χ0) is 28.3. The van der Waals surface area contributed by atoms with Gasteiger partial charge in [-0.15, -0.1) is 0 Å². The number of nitrogens with zero attached hydrogens (tertiary/aromatic N) is 4. The van der Waals surface area contributed by atoms with Crippen molar-refractivity contribution >= 4 is 39.9 Å². The van der Waals surface area contributed by atoms with Gasteiger partial charge >= 0.3 is 0 Å². The van der Waals surface area contributed by atoms with Crippen LogP contribution in [0.4, 0.5) is 11.5 Å². The number of ether oxygens (including phenoxy) is 3. The largest absolute Gasteiger partial charge is 0.494 e. The van der Waals surface area contributed by atoms with Gasteiger partial charge in [-0.2, -0.15) is 5.10 Å². The first-order chi connectivity index (χ1) is 19.2. The number of halogens is 1. The van der Waals surface area contributed by atoms with Crippen molar-refractivity contribution in [3.05, 3.63) is 53.8 Å². The number of anilines is 2. The number of fused-ring (bicyclic) bond motifs is 1. The predicted octanol–water partition coefficient (Wildman–Crippen LogP) is 5.89. The Balaban J connectivity index is 1.47. The van der Waals surface area contributed by atoms with E-state index >= 15 is 0 Å². The van der Waals surface area contributed by atoms with Gasteiger partial charge in [0, 0.05) is 17.7 Å². The third kappa shape index (κ3) is 6.46. The van der Waals surface area contributed by atoms with Gasteiger partial charge < -0.3 is 24.8 Å². The molecule has 2 aromatic carbocycles. The molecule has 0 aliphatic carbocycles. The number of benzene rings is 2. The van der Waals surface area contributed by atoms with Crippen LogP contribution >= 0.6 is 11.6 Å². The highest BCUT2D eigenvalue weighted by atomic mass is 35.5. The zero-order valence-electron chi connectivity index (χ0n) is 23.0. The Hall–Kier alpha value is -3.89. The van der Waals surface area contributed by atoms with Gasteiger partial charge in [0.05, 0.1) is 41.1 Å². The molecule has 3 heterocycles. The molecule has 11 heteroatoms. The van der Waals surface area contributed by atoms with Crippen molar-refractivity contribution < 1.29 is 19.0 Å². The molecule has 1 saturated heterocycles. The second kappa shape index (κ2) is 11.7. The van der Waals surface area contributed by atoms with Crippen LogP contribution in [0.15, 0.2) is 48.8 Å². The summed E-state index contributed by atoms with van der Waals surface area (Å²) in [6, 6.07) is 10.9. The molecule has 1 aliphatic heterocycles. The molecule has 1 aliphatic rings. The van der Waals surface area contributed by atoms with E-state index in [9.17, 15) is 4.79 Å². The number of aromatic nitrogens is 4. The molecule has 5 rings (SSSR count). The maximum absolute atomic E-state index is 12.2. The van der Waals surface area contributed by atoms with Crippen molar-refractivity contribution in [1.29, 1.82) is 0 Å². The highest BCUT2D eigenvalue weighted by Gasteiger charge is 2.20. The van der Waals surface area contributed by atoms with Gasteiger partial charge in [-0.25, -0.2) is 14.6 Å². The molecule has 0 spiro atoms. The van der Waals surface area contributed by atoms with E-state index in [4.69, 9.17) is 35.8 Å². The van der Waals surface area contributed by atoms with Crippen LogP contribution in [-0.4, -0.2) is 51.5 Å². The maximum atomic E-state index is 12.2. The van der Waals surface area contributed by atoms with E-state index in [0.29, 0.717) is 39.1 Å². The van der Waals surface area contributed by atoms with Gasteiger partial charge in [0.2, 0.25) is 0 Å². The standard InChI is InChI=1S/C29H33ClN6O4/c1-29(2,3)35-23(37)17-40-20-9-7-8-18(14-20)27-33-22-12-11-21(30)26(38-4)25(22)28(34-27)32-19-15-31-36(16-19)24-10-5-6-13-39-24/h7-9,11-12,14-16,24H,5-6,10,13,17H2,1-4H3,(H,35,37)(H,32,33,34). The normalized spacial score (nSPS) is 15.6. The predicted molar refractivity (Wildman–Crippen MR) is 154 cm³/mol. The zero-order valence-corrected chi connectivity index (χ0v) is 23.8. The van der Waals surface area contributed by atoms with Crippen LogP contribution in [0.3, 0.4) is 0 Å². The monoisotopic (exact) mass is 564 g/mol. The summed E-state index contributed by atoms with van der Waals surface area (Å²) in [7, 11) is 1.56. The Morgan fingerprint density at radius 3 is 2.80 bits per heavy atom. The SMILES string of the molecule is COc1c(Cl)ccc2nc(-c3cccc(OCC(=O)NC(C)(C)C)c3)nc(Nc3cnn(C4CCCCO4)c3)c12. The van der Waals surface area contributed by atoms with Crippen LogP contribution < -0.4 is 20.1 Å². The molecule has 10 nitrogen and oxygen atoms in total. The lowest BCUT2D eigenvalue weighted by atomic mass is 10.1. The number of hydrogen-bond acceptors (Lipinski definition) is 8. The third-order valence-corrected chi connectivity index (χ3v) is 6.56. The summed E-state index contributed by atoms with van der Waals surface area (Å²) in [5, 5.41) is 11.9.